The number of rotatable bonds is 4. The molecule has 1 N–H and O–H groups in total. The highest BCUT2D eigenvalue weighted by Crippen LogP contribution is 2.41. The Morgan fingerprint density at radius 1 is 1.18 bits per heavy atom. The lowest BCUT2D eigenvalue weighted by Gasteiger charge is -2.31. The van der Waals surface area contributed by atoms with E-state index in [1.807, 2.05) is 4.90 Å². The number of amides is 1. The number of halogens is 4. The van der Waals surface area contributed by atoms with E-state index in [-0.39, 0.29) is 23.5 Å². The number of hydrogen-bond acceptors (Lipinski definition) is 5. The number of nitrogens with zero attached hydrogens (tertiary/aromatic N) is 3. The first-order valence-electron chi connectivity index (χ1n) is 10.0. The van der Waals surface area contributed by atoms with Crippen molar-refractivity contribution in [1.29, 1.82) is 0 Å². The Balaban J connectivity index is 1.67. The number of aromatic nitrogens is 1. The van der Waals surface area contributed by atoms with Gasteiger partial charge in [-0.25, -0.2) is 4.98 Å². The second-order valence-corrected chi connectivity index (χ2v) is 7.95. The Morgan fingerprint density at radius 2 is 1.97 bits per heavy atom. The molecule has 1 aromatic heterocycles. The maximum atomic E-state index is 13.5. The summed E-state index contributed by atoms with van der Waals surface area (Å²) in [5.74, 6) is 0.242. The Kier molecular flexibility index (Phi) is 6.07. The van der Waals surface area contributed by atoms with Crippen molar-refractivity contribution >= 4 is 40.4 Å². The maximum Gasteiger partial charge on any atom is 0.418 e. The van der Waals surface area contributed by atoms with Gasteiger partial charge in [0.2, 0.25) is 0 Å². The van der Waals surface area contributed by atoms with Gasteiger partial charge in [-0.2, -0.15) is 13.2 Å². The molecular formula is C23H20ClF3N4O2. The number of ether oxygens (including phenoxy) is 1. The zero-order valence-electron chi connectivity index (χ0n) is 17.8. The summed E-state index contributed by atoms with van der Waals surface area (Å²) in [7, 11) is 3.05. The number of fused-ring (bicyclic) bond motifs is 1. The number of nitrogens with one attached hydrogen (secondary N) is 1. The van der Waals surface area contributed by atoms with Crippen LogP contribution in [0, 0.1) is 0 Å². The molecule has 0 bridgehead atoms. The fourth-order valence-electron chi connectivity index (χ4n) is 3.65. The highest BCUT2D eigenvalue weighted by atomic mass is 35.5. The minimum absolute atomic E-state index is 0.00352. The van der Waals surface area contributed by atoms with E-state index in [9.17, 15) is 18.0 Å². The topological polar surface area (TPSA) is 57.7 Å². The fraction of sp³-hybridized carbons (Fsp3) is 0.217. The minimum Gasteiger partial charge on any atom is -0.489 e. The Morgan fingerprint density at radius 3 is 2.67 bits per heavy atom. The molecule has 2 aromatic carbocycles. The van der Waals surface area contributed by atoms with Gasteiger partial charge in [0.05, 0.1) is 28.4 Å². The molecule has 1 amide bonds. The van der Waals surface area contributed by atoms with Crippen LogP contribution < -0.4 is 19.9 Å². The van der Waals surface area contributed by atoms with Crippen LogP contribution >= 0.6 is 11.6 Å². The molecular weight excluding hydrogens is 457 g/mol. The number of pyridine rings is 1. The summed E-state index contributed by atoms with van der Waals surface area (Å²) in [5, 5.41) is 3.00. The van der Waals surface area contributed by atoms with Crippen LogP contribution in [0.4, 0.5) is 36.1 Å². The summed E-state index contributed by atoms with van der Waals surface area (Å²) in [4.78, 5) is 20.6. The highest BCUT2D eigenvalue weighted by molar-refractivity contribution is 6.33. The highest BCUT2D eigenvalue weighted by Gasteiger charge is 2.34. The van der Waals surface area contributed by atoms with Crippen LogP contribution in [0.1, 0.15) is 15.9 Å². The normalized spacial score (nSPS) is 13.2. The zero-order chi connectivity index (χ0) is 23.8. The van der Waals surface area contributed by atoms with E-state index in [2.05, 4.69) is 10.3 Å². The van der Waals surface area contributed by atoms with Gasteiger partial charge in [-0.3, -0.25) is 4.79 Å². The van der Waals surface area contributed by atoms with Crippen LogP contribution in [0.5, 0.6) is 5.75 Å². The second-order valence-electron chi connectivity index (χ2n) is 7.54. The summed E-state index contributed by atoms with van der Waals surface area (Å²) in [6, 6.07) is 12.1. The zero-order valence-corrected chi connectivity index (χ0v) is 18.5. The van der Waals surface area contributed by atoms with Gasteiger partial charge in [0, 0.05) is 31.7 Å². The van der Waals surface area contributed by atoms with Gasteiger partial charge in [-0.05, 0) is 42.5 Å². The Labute approximate surface area is 193 Å². The van der Waals surface area contributed by atoms with Gasteiger partial charge in [0.25, 0.3) is 5.91 Å². The van der Waals surface area contributed by atoms with E-state index in [0.29, 0.717) is 28.8 Å². The average Bonchev–Trinajstić information content (AvgIpc) is 2.78. The van der Waals surface area contributed by atoms with E-state index in [1.54, 1.807) is 36.5 Å². The molecule has 33 heavy (non-hydrogen) atoms. The fourth-order valence-corrected chi connectivity index (χ4v) is 3.88. The smallest absolute Gasteiger partial charge is 0.418 e. The molecule has 0 saturated heterocycles. The maximum absolute atomic E-state index is 13.5. The molecule has 0 aliphatic carbocycles. The lowest BCUT2D eigenvalue weighted by atomic mass is 10.1. The summed E-state index contributed by atoms with van der Waals surface area (Å²) in [6.07, 6.45) is -2.96. The van der Waals surface area contributed by atoms with Crippen LogP contribution in [0.3, 0.4) is 0 Å². The van der Waals surface area contributed by atoms with Gasteiger partial charge in [0.15, 0.2) is 11.6 Å². The van der Waals surface area contributed by atoms with Crippen molar-refractivity contribution < 1.29 is 22.7 Å². The van der Waals surface area contributed by atoms with E-state index < -0.39 is 17.6 Å². The molecule has 172 valence electrons. The van der Waals surface area contributed by atoms with Gasteiger partial charge >= 0.3 is 6.18 Å². The van der Waals surface area contributed by atoms with E-state index in [0.717, 1.165) is 6.07 Å². The molecule has 0 unspecified atom stereocenters. The van der Waals surface area contributed by atoms with Crippen LogP contribution in [-0.4, -0.2) is 38.1 Å². The SMILES string of the molecule is CN(C)c1ccc(NC(=O)c2cccc3c2OCCN3c2ncccc2Cl)cc1C(F)(F)F. The van der Waals surface area contributed by atoms with Crippen molar-refractivity contribution in [2.75, 3.05) is 42.4 Å². The lowest BCUT2D eigenvalue weighted by molar-refractivity contribution is -0.137. The Hall–Kier alpha value is -3.46. The molecule has 0 fully saturated rings. The molecule has 6 nitrogen and oxygen atoms in total. The molecule has 3 aromatic rings. The molecule has 1 aliphatic heterocycles. The van der Waals surface area contributed by atoms with Crippen molar-refractivity contribution in [3.63, 3.8) is 0 Å². The minimum atomic E-state index is -4.57. The van der Waals surface area contributed by atoms with Crippen molar-refractivity contribution in [3.8, 4) is 5.75 Å². The van der Waals surface area contributed by atoms with Crippen molar-refractivity contribution in [1.82, 2.24) is 4.98 Å². The first-order valence-corrected chi connectivity index (χ1v) is 10.4. The number of carbonyl (C=O) groups is 1. The van der Waals surface area contributed by atoms with E-state index in [1.165, 1.54) is 31.1 Å². The van der Waals surface area contributed by atoms with Gasteiger partial charge in [-0.15, -0.1) is 0 Å². The van der Waals surface area contributed by atoms with Crippen molar-refractivity contribution in [2.24, 2.45) is 0 Å². The third kappa shape index (κ3) is 4.54. The molecule has 4 rings (SSSR count). The molecule has 1 aliphatic rings. The number of alkyl halides is 3. The van der Waals surface area contributed by atoms with Gasteiger partial charge < -0.3 is 19.9 Å². The number of benzene rings is 2. The third-order valence-electron chi connectivity index (χ3n) is 5.13. The average molecular weight is 477 g/mol. The monoisotopic (exact) mass is 476 g/mol. The summed E-state index contributed by atoms with van der Waals surface area (Å²) in [5.41, 5.74) is -0.0321. The van der Waals surface area contributed by atoms with E-state index in [4.69, 9.17) is 16.3 Å². The summed E-state index contributed by atoms with van der Waals surface area (Å²) in [6.45, 7) is 0.746. The molecule has 2 heterocycles. The largest absolute Gasteiger partial charge is 0.489 e. The first kappa shape index (κ1) is 22.7. The quantitative estimate of drug-likeness (QED) is 0.531. The number of hydrogen-bond donors (Lipinski definition) is 1. The number of para-hydroxylation sites is 1. The standard InChI is InChI=1S/C23H20ClF3N4O2/c1-30(2)18-9-8-14(13-16(18)23(25,26)27)29-22(32)15-5-3-7-19-20(15)33-12-11-31(19)21-17(24)6-4-10-28-21/h3-10,13H,11-12H2,1-2H3,(H,29,32). The number of carbonyl (C=O) groups excluding carboxylic acids is 1. The summed E-state index contributed by atoms with van der Waals surface area (Å²) < 4.78 is 46.4. The second kappa shape index (κ2) is 8.82. The third-order valence-corrected chi connectivity index (χ3v) is 5.42. The first-order chi connectivity index (χ1) is 15.7. The lowest BCUT2D eigenvalue weighted by Crippen LogP contribution is -2.30. The van der Waals surface area contributed by atoms with Gasteiger partial charge in [0.1, 0.15) is 6.61 Å². The molecule has 0 radical (unpaired) electrons. The molecule has 0 atom stereocenters. The predicted molar refractivity (Wildman–Crippen MR) is 122 cm³/mol. The van der Waals surface area contributed by atoms with E-state index >= 15 is 0 Å². The molecule has 10 heteroatoms. The predicted octanol–water partition coefficient (Wildman–Crippen LogP) is 5.60. The van der Waals surface area contributed by atoms with Crippen molar-refractivity contribution in [3.05, 3.63) is 70.9 Å². The van der Waals surface area contributed by atoms with Crippen LogP contribution in [0.15, 0.2) is 54.7 Å². The molecule has 0 spiro atoms. The molecule has 0 saturated carbocycles. The van der Waals surface area contributed by atoms with Crippen molar-refractivity contribution in [2.45, 2.75) is 6.18 Å². The summed E-state index contributed by atoms with van der Waals surface area (Å²) >= 11 is 6.30. The van der Waals surface area contributed by atoms with Crippen LogP contribution in [-0.2, 0) is 6.18 Å². The Bertz CT molecular complexity index is 1200. The number of anilines is 4. The van der Waals surface area contributed by atoms with Crippen LogP contribution in [0.2, 0.25) is 5.02 Å². The van der Waals surface area contributed by atoms with Gasteiger partial charge in [-0.1, -0.05) is 17.7 Å². The van der Waals surface area contributed by atoms with Crippen LogP contribution in [0.25, 0.3) is 0 Å².